The van der Waals surface area contributed by atoms with Crippen LogP contribution in [0.25, 0.3) is 11.3 Å². The van der Waals surface area contributed by atoms with Gasteiger partial charge in [0.05, 0.1) is 36.7 Å². The lowest BCUT2D eigenvalue weighted by Crippen LogP contribution is -2.14. The van der Waals surface area contributed by atoms with Crippen molar-refractivity contribution in [3.8, 4) is 22.8 Å². The standard InChI is InChI=1S/C21H20N4O7S/c1-4-33(29,30)20-9-8-16(23-24-20)13-6-5-7-14(10-13)22-21(26)15-11-18(31-2)19(32-3)12-17(15)25(27)28/h5-12H,4H2,1-3H3,(H,22,26). The normalized spacial score (nSPS) is 11.0. The number of aromatic nitrogens is 2. The van der Waals surface area contributed by atoms with Crippen molar-refractivity contribution in [2.45, 2.75) is 11.9 Å². The second kappa shape index (κ2) is 9.61. The van der Waals surface area contributed by atoms with Crippen molar-refractivity contribution in [2.24, 2.45) is 0 Å². The molecule has 1 aromatic heterocycles. The molecule has 0 saturated heterocycles. The molecule has 0 aliphatic heterocycles. The van der Waals surface area contributed by atoms with Gasteiger partial charge in [0.2, 0.25) is 0 Å². The number of methoxy groups -OCH3 is 2. The average Bonchev–Trinajstić information content (AvgIpc) is 2.83. The summed E-state index contributed by atoms with van der Waals surface area (Å²) in [5, 5.41) is 21.7. The highest BCUT2D eigenvalue weighted by Gasteiger charge is 2.25. The van der Waals surface area contributed by atoms with E-state index in [1.165, 1.54) is 39.3 Å². The average molecular weight is 472 g/mol. The van der Waals surface area contributed by atoms with Gasteiger partial charge in [0.1, 0.15) is 5.56 Å². The first-order chi connectivity index (χ1) is 15.7. The molecule has 1 amide bonds. The SMILES string of the molecule is CCS(=O)(=O)c1ccc(-c2cccc(NC(=O)c3cc(OC)c(OC)cc3[N+](=O)[O-])c2)nn1. The highest BCUT2D eigenvalue weighted by Crippen LogP contribution is 2.35. The quantitative estimate of drug-likeness (QED) is 0.385. The molecule has 0 saturated carbocycles. The first-order valence-corrected chi connectivity index (χ1v) is 11.2. The molecule has 0 spiro atoms. The fourth-order valence-corrected chi connectivity index (χ4v) is 3.68. The maximum absolute atomic E-state index is 12.8. The van der Waals surface area contributed by atoms with Gasteiger partial charge < -0.3 is 14.8 Å². The summed E-state index contributed by atoms with van der Waals surface area (Å²) in [7, 11) is -0.791. The zero-order chi connectivity index (χ0) is 24.2. The molecular formula is C21H20N4O7S. The van der Waals surface area contributed by atoms with E-state index in [1.807, 2.05) is 0 Å². The van der Waals surface area contributed by atoms with Crippen molar-refractivity contribution >= 4 is 27.1 Å². The number of nitro groups is 1. The predicted molar refractivity (Wildman–Crippen MR) is 119 cm³/mol. The first-order valence-electron chi connectivity index (χ1n) is 9.58. The summed E-state index contributed by atoms with van der Waals surface area (Å²) in [6, 6.07) is 11.7. The topological polar surface area (TPSA) is 151 Å². The van der Waals surface area contributed by atoms with Gasteiger partial charge in [0, 0.05) is 17.3 Å². The molecule has 0 aliphatic carbocycles. The maximum atomic E-state index is 12.8. The van der Waals surface area contributed by atoms with Gasteiger partial charge in [-0.2, -0.15) is 0 Å². The molecule has 0 fully saturated rings. The highest BCUT2D eigenvalue weighted by molar-refractivity contribution is 7.91. The van der Waals surface area contributed by atoms with Gasteiger partial charge in [-0.05, 0) is 24.3 Å². The molecule has 0 aliphatic rings. The Bertz CT molecular complexity index is 1310. The molecular weight excluding hydrogens is 452 g/mol. The number of ether oxygens (including phenoxy) is 2. The van der Waals surface area contributed by atoms with Crippen LogP contribution >= 0.6 is 0 Å². The van der Waals surface area contributed by atoms with Gasteiger partial charge in [-0.1, -0.05) is 19.1 Å². The van der Waals surface area contributed by atoms with Crippen LogP contribution in [0, 0.1) is 10.1 Å². The minimum Gasteiger partial charge on any atom is -0.493 e. The van der Waals surface area contributed by atoms with E-state index >= 15 is 0 Å². The lowest BCUT2D eigenvalue weighted by Gasteiger charge is -2.11. The summed E-state index contributed by atoms with van der Waals surface area (Å²) < 4.78 is 34.0. The molecule has 3 aromatic rings. The van der Waals surface area contributed by atoms with Crippen LogP contribution in [-0.2, 0) is 9.84 Å². The fourth-order valence-electron chi connectivity index (χ4n) is 2.94. The number of carbonyl (C=O) groups excluding carboxylic acids is 1. The van der Waals surface area contributed by atoms with Gasteiger partial charge in [0.15, 0.2) is 26.4 Å². The zero-order valence-electron chi connectivity index (χ0n) is 17.9. The Kier molecular flexibility index (Phi) is 6.87. The predicted octanol–water partition coefficient (Wildman–Crippen LogP) is 3.11. The Morgan fingerprint density at radius 2 is 1.76 bits per heavy atom. The number of hydrogen-bond donors (Lipinski definition) is 1. The third-order valence-corrected chi connectivity index (χ3v) is 6.31. The van der Waals surface area contributed by atoms with Gasteiger partial charge in [-0.25, -0.2) is 8.42 Å². The van der Waals surface area contributed by atoms with Crippen LogP contribution in [0.4, 0.5) is 11.4 Å². The van der Waals surface area contributed by atoms with Crippen LogP contribution in [0.15, 0.2) is 53.6 Å². The van der Waals surface area contributed by atoms with Crippen molar-refractivity contribution < 1.29 is 27.6 Å². The van der Waals surface area contributed by atoms with E-state index < -0.39 is 26.4 Å². The molecule has 0 radical (unpaired) electrons. The number of amides is 1. The number of rotatable bonds is 8. The first kappa shape index (κ1) is 23.6. The second-order valence-corrected chi connectivity index (χ2v) is 8.90. The van der Waals surface area contributed by atoms with Crippen molar-refractivity contribution in [3.63, 3.8) is 0 Å². The fraction of sp³-hybridized carbons (Fsp3) is 0.190. The Morgan fingerprint density at radius 1 is 1.06 bits per heavy atom. The van der Waals surface area contributed by atoms with E-state index in [0.717, 1.165) is 6.07 Å². The molecule has 12 heteroatoms. The Morgan fingerprint density at radius 3 is 2.33 bits per heavy atom. The molecule has 2 aromatic carbocycles. The van der Waals surface area contributed by atoms with E-state index in [9.17, 15) is 23.3 Å². The number of hydrogen-bond acceptors (Lipinski definition) is 9. The molecule has 0 unspecified atom stereocenters. The number of nitrogens with one attached hydrogen (secondary N) is 1. The van der Waals surface area contributed by atoms with Crippen LogP contribution in [-0.4, -0.2) is 49.4 Å². The van der Waals surface area contributed by atoms with Crippen LogP contribution < -0.4 is 14.8 Å². The summed E-state index contributed by atoms with van der Waals surface area (Å²) in [5.41, 5.74) is 0.631. The molecule has 11 nitrogen and oxygen atoms in total. The number of nitrogens with zero attached hydrogens (tertiary/aromatic N) is 3. The van der Waals surface area contributed by atoms with E-state index in [0.29, 0.717) is 16.9 Å². The minimum absolute atomic E-state index is 0.0924. The Balaban J connectivity index is 1.91. The summed E-state index contributed by atoms with van der Waals surface area (Å²) >= 11 is 0. The van der Waals surface area contributed by atoms with Crippen molar-refractivity contribution in [2.75, 3.05) is 25.3 Å². The van der Waals surface area contributed by atoms with E-state index in [2.05, 4.69) is 15.5 Å². The smallest absolute Gasteiger partial charge is 0.286 e. The summed E-state index contributed by atoms with van der Waals surface area (Å²) in [6.07, 6.45) is 0. The summed E-state index contributed by atoms with van der Waals surface area (Å²) in [5.74, 6) is -0.533. The van der Waals surface area contributed by atoms with E-state index in [4.69, 9.17) is 9.47 Å². The number of sulfone groups is 1. The summed E-state index contributed by atoms with van der Waals surface area (Å²) in [4.78, 5) is 23.6. The third-order valence-electron chi connectivity index (χ3n) is 4.70. The Hall–Kier alpha value is -4.06. The lowest BCUT2D eigenvalue weighted by atomic mass is 10.1. The van der Waals surface area contributed by atoms with Crippen LogP contribution in [0.2, 0.25) is 0 Å². The third kappa shape index (κ3) is 5.06. The number of carbonyl (C=O) groups is 1. The van der Waals surface area contributed by atoms with Crippen LogP contribution in [0.1, 0.15) is 17.3 Å². The molecule has 0 atom stereocenters. The van der Waals surface area contributed by atoms with Gasteiger partial charge in [0.25, 0.3) is 11.6 Å². The number of anilines is 1. The molecule has 1 heterocycles. The lowest BCUT2D eigenvalue weighted by molar-refractivity contribution is -0.385. The molecule has 33 heavy (non-hydrogen) atoms. The van der Waals surface area contributed by atoms with Crippen LogP contribution in [0.3, 0.4) is 0 Å². The highest BCUT2D eigenvalue weighted by atomic mass is 32.2. The van der Waals surface area contributed by atoms with E-state index in [-0.39, 0.29) is 27.8 Å². The largest absolute Gasteiger partial charge is 0.493 e. The van der Waals surface area contributed by atoms with Gasteiger partial charge >= 0.3 is 0 Å². The van der Waals surface area contributed by atoms with Crippen molar-refractivity contribution in [1.29, 1.82) is 0 Å². The zero-order valence-corrected chi connectivity index (χ0v) is 18.8. The minimum atomic E-state index is -3.48. The monoisotopic (exact) mass is 472 g/mol. The van der Waals surface area contributed by atoms with Gasteiger partial charge in [-0.15, -0.1) is 10.2 Å². The molecule has 1 N–H and O–H groups in total. The molecule has 0 bridgehead atoms. The van der Waals surface area contributed by atoms with Crippen molar-refractivity contribution in [3.05, 3.63) is 64.2 Å². The van der Waals surface area contributed by atoms with Crippen molar-refractivity contribution in [1.82, 2.24) is 10.2 Å². The maximum Gasteiger partial charge on any atom is 0.286 e. The van der Waals surface area contributed by atoms with E-state index in [1.54, 1.807) is 24.3 Å². The van der Waals surface area contributed by atoms with Crippen LogP contribution in [0.5, 0.6) is 11.5 Å². The number of benzene rings is 2. The number of nitro benzene ring substituents is 1. The Labute approximate surface area is 189 Å². The van der Waals surface area contributed by atoms with Gasteiger partial charge in [-0.3, -0.25) is 14.9 Å². The molecule has 3 rings (SSSR count). The summed E-state index contributed by atoms with van der Waals surface area (Å²) in [6.45, 7) is 1.51. The molecule has 172 valence electrons. The second-order valence-electron chi connectivity index (χ2n) is 6.68.